The highest BCUT2D eigenvalue weighted by Gasteiger charge is 2.26. The lowest BCUT2D eigenvalue weighted by Crippen LogP contribution is -2.46. The van der Waals surface area contributed by atoms with Crippen molar-refractivity contribution in [2.45, 2.75) is 32.9 Å². The predicted molar refractivity (Wildman–Crippen MR) is 142 cm³/mol. The van der Waals surface area contributed by atoms with Crippen LogP contribution in [0.25, 0.3) is 11.1 Å². The SMILES string of the molecule is CC(=O)NC(CSC(=O)C(CSC(=O)c1cc(-c2ccc(F)cc2F)ccc1OC(C)=O)NC(C)=O)C(N)=O. The van der Waals surface area contributed by atoms with Crippen molar-refractivity contribution in [3.63, 3.8) is 0 Å². The third-order valence-electron chi connectivity index (χ3n) is 4.85. The van der Waals surface area contributed by atoms with Gasteiger partial charge >= 0.3 is 5.97 Å². The lowest BCUT2D eigenvalue weighted by molar-refractivity contribution is -0.132. The van der Waals surface area contributed by atoms with Gasteiger partial charge in [-0.3, -0.25) is 28.8 Å². The number of halogens is 2. The number of esters is 1. The van der Waals surface area contributed by atoms with Crippen molar-refractivity contribution in [3.05, 3.63) is 53.6 Å². The quantitative estimate of drug-likeness (QED) is 0.267. The largest absolute Gasteiger partial charge is 0.426 e. The number of benzene rings is 2. The molecule has 2 aromatic carbocycles. The number of primary amides is 1. The summed E-state index contributed by atoms with van der Waals surface area (Å²) in [5.74, 6) is -4.91. The zero-order valence-corrected chi connectivity index (χ0v) is 22.7. The molecule has 0 aliphatic heterocycles. The fourth-order valence-corrected chi connectivity index (χ4v) is 5.08. The van der Waals surface area contributed by atoms with Crippen LogP contribution in [0.1, 0.15) is 31.1 Å². The highest BCUT2D eigenvalue weighted by atomic mass is 32.2. The molecule has 14 heteroatoms. The number of amides is 3. The van der Waals surface area contributed by atoms with Crippen molar-refractivity contribution < 1.29 is 42.3 Å². The number of hydrogen-bond acceptors (Lipinski definition) is 9. The van der Waals surface area contributed by atoms with Gasteiger partial charge in [0.2, 0.25) is 28.0 Å². The van der Waals surface area contributed by atoms with E-state index < -0.39 is 57.6 Å². The van der Waals surface area contributed by atoms with Gasteiger partial charge in [0.1, 0.15) is 29.5 Å². The van der Waals surface area contributed by atoms with Crippen molar-refractivity contribution in [1.82, 2.24) is 10.6 Å². The second-order valence-electron chi connectivity index (χ2n) is 8.07. The fourth-order valence-electron chi connectivity index (χ4n) is 3.18. The van der Waals surface area contributed by atoms with E-state index in [0.717, 1.165) is 13.0 Å². The molecule has 0 aliphatic rings. The molecule has 0 aromatic heterocycles. The van der Waals surface area contributed by atoms with E-state index in [1.807, 2.05) is 0 Å². The Kier molecular flexibility index (Phi) is 11.6. The predicted octanol–water partition coefficient (Wildman–Crippen LogP) is 2.18. The number of hydrogen-bond donors (Lipinski definition) is 3. The van der Waals surface area contributed by atoms with Gasteiger partial charge in [-0.1, -0.05) is 29.6 Å². The Morgan fingerprint density at radius 2 is 1.49 bits per heavy atom. The monoisotopic (exact) mass is 581 g/mol. The van der Waals surface area contributed by atoms with Gasteiger partial charge in [-0.2, -0.15) is 0 Å². The zero-order chi connectivity index (χ0) is 29.3. The lowest BCUT2D eigenvalue weighted by atomic mass is 10.0. The molecule has 0 heterocycles. The molecule has 39 heavy (non-hydrogen) atoms. The lowest BCUT2D eigenvalue weighted by Gasteiger charge is -2.18. The van der Waals surface area contributed by atoms with Crippen molar-refractivity contribution in [2.24, 2.45) is 5.73 Å². The summed E-state index contributed by atoms with van der Waals surface area (Å²) in [7, 11) is 0. The number of thioether (sulfide) groups is 2. The number of carbonyl (C=O) groups is 6. The summed E-state index contributed by atoms with van der Waals surface area (Å²) in [6, 6.07) is 4.54. The molecule has 4 N–H and O–H groups in total. The summed E-state index contributed by atoms with van der Waals surface area (Å²) in [5.41, 5.74) is 5.31. The van der Waals surface area contributed by atoms with Crippen molar-refractivity contribution >= 4 is 57.4 Å². The normalized spacial score (nSPS) is 12.1. The van der Waals surface area contributed by atoms with Crippen molar-refractivity contribution in [3.8, 4) is 16.9 Å². The van der Waals surface area contributed by atoms with Crippen LogP contribution < -0.4 is 21.1 Å². The Balaban J connectivity index is 2.26. The fraction of sp³-hybridized carbons (Fsp3) is 0.280. The van der Waals surface area contributed by atoms with Crippen molar-refractivity contribution in [2.75, 3.05) is 11.5 Å². The van der Waals surface area contributed by atoms with Crippen LogP contribution >= 0.6 is 23.5 Å². The molecular formula is C25H25F2N3O7S2. The highest BCUT2D eigenvalue weighted by molar-refractivity contribution is 8.15. The number of nitrogens with one attached hydrogen (secondary N) is 2. The summed E-state index contributed by atoms with van der Waals surface area (Å²) in [4.78, 5) is 71.9. The van der Waals surface area contributed by atoms with Crippen LogP contribution in [-0.2, 0) is 24.0 Å². The molecule has 0 radical (unpaired) electrons. The van der Waals surface area contributed by atoms with Gasteiger partial charge in [0, 0.05) is 43.9 Å². The second kappa shape index (κ2) is 14.4. The van der Waals surface area contributed by atoms with Crippen LogP contribution in [0.4, 0.5) is 8.78 Å². The Hall–Kier alpha value is -3.78. The summed E-state index contributed by atoms with van der Waals surface area (Å²) >= 11 is 1.25. The maximum Gasteiger partial charge on any atom is 0.308 e. The molecule has 208 valence electrons. The summed E-state index contributed by atoms with van der Waals surface area (Å²) in [6.07, 6.45) is 0. The van der Waals surface area contributed by atoms with E-state index >= 15 is 0 Å². The van der Waals surface area contributed by atoms with E-state index in [4.69, 9.17) is 10.5 Å². The molecule has 0 saturated heterocycles. The Morgan fingerprint density at radius 3 is 2.05 bits per heavy atom. The van der Waals surface area contributed by atoms with Gasteiger partial charge in [-0.15, -0.1) is 0 Å². The zero-order valence-electron chi connectivity index (χ0n) is 21.0. The highest BCUT2D eigenvalue weighted by Crippen LogP contribution is 2.31. The molecule has 0 bridgehead atoms. The first-order chi connectivity index (χ1) is 18.3. The first-order valence-electron chi connectivity index (χ1n) is 11.2. The molecule has 10 nitrogen and oxygen atoms in total. The molecule has 0 fully saturated rings. The third-order valence-corrected chi connectivity index (χ3v) is 6.90. The molecule has 2 aromatic rings. The molecular weight excluding hydrogens is 556 g/mol. The first-order valence-corrected chi connectivity index (χ1v) is 13.2. The Morgan fingerprint density at radius 1 is 0.872 bits per heavy atom. The number of nitrogens with two attached hydrogens (primary N) is 1. The Bertz CT molecular complexity index is 1310. The maximum atomic E-state index is 14.3. The molecule has 0 saturated carbocycles. The average Bonchev–Trinajstić information content (AvgIpc) is 2.83. The van der Waals surface area contributed by atoms with Crippen molar-refractivity contribution in [1.29, 1.82) is 0 Å². The van der Waals surface area contributed by atoms with Crippen LogP contribution in [0.15, 0.2) is 36.4 Å². The smallest absolute Gasteiger partial charge is 0.308 e. The van der Waals surface area contributed by atoms with E-state index in [1.165, 1.54) is 38.1 Å². The minimum atomic E-state index is -1.18. The number of rotatable bonds is 11. The molecule has 3 amide bonds. The van der Waals surface area contributed by atoms with E-state index in [1.54, 1.807) is 0 Å². The van der Waals surface area contributed by atoms with E-state index in [9.17, 15) is 37.5 Å². The first kappa shape index (κ1) is 31.4. The molecule has 2 atom stereocenters. The van der Waals surface area contributed by atoms with Gasteiger partial charge in [0.05, 0.1) is 5.56 Å². The van der Waals surface area contributed by atoms with Crippen LogP contribution in [0.3, 0.4) is 0 Å². The van der Waals surface area contributed by atoms with Crippen LogP contribution in [0.2, 0.25) is 0 Å². The van der Waals surface area contributed by atoms with Crippen LogP contribution in [0.5, 0.6) is 5.75 Å². The molecule has 0 aliphatic carbocycles. The van der Waals surface area contributed by atoms with Gasteiger partial charge in [-0.05, 0) is 29.8 Å². The van der Waals surface area contributed by atoms with Gasteiger partial charge in [0.15, 0.2) is 0 Å². The van der Waals surface area contributed by atoms with Crippen LogP contribution in [-0.4, -0.2) is 57.5 Å². The summed E-state index contributed by atoms with van der Waals surface area (Å²) in [6.45, 7) is 3.47. The molecule has 2 unspecified atom stereocenters. The van der Waals surface area contributed by atoms with E-state index in [0.29, 0.717) is 29.6 Å². The summed E-state index contributed by atoms with van der Waals surface area (Å²) in [5, 5.41) is 3.46. The minimum absolute atomic E-state index is 0.00398. The average molecular weight is 582 g/mol. The molecule has 2 rings (SSSR count). The van der Waals surface area contributed by atoms with Gasteiger partial charge in [-0.25, -0.2) is 8.78 Å². The van der Waals surface area contributed by atoms with E-state index in [2.05, 4.69) is 10.6 Å². The van der Waals surface area contributed by atoms with E-state index in [-0.39, 0.29) is 33.9 Å². The molecule has 0 spiro atoms. The minimum Gasteiger partial charge on any atom is -0.426 e. The maximum absolute atomic E-state index is 14.3. The van der Waals surface area contributed by atoms with Gasteiger partial charge in [0.25, 0.3) is 0 Å². The third kappa shape index (κ3) is 9.80. The summed E-state index contributed by atoms with van der Waals surface area (Å²) < 4.78 is 32.8. The van der Waals surface area contributed by atoms with Crippen LogP contribution in [0, 0.1) is 11.6 Å². The number of ether oxygens (including phenoxy) is 1. The standard InChI is InChI=1S/C25H25F2N3O7S2/c1-12(31)29-20(23(28)34)10-39-25(36)21(30-13(2)32)11-38-24(35)18-8-15(4-7-22(18)37-14(3)33)17-6-5-16(26)9-19(17)27/h4-9,20-21H,10-11H2,1-3H3,(H2,28,34)(H,29,31)(H,30,32). The Labute approximate surface area is 230 Å². The number of carbonyl (C=O) groups excluding carboxylic acids is 6. The van der Waals surface area contributed by atoms with Gasteiger partial charge < -0.3 is 21.1 Å². The second-order valence-corrected chi connectivity index (χ2v) is 10.1. The topological polar surface area (TPSA) is 162 Å².